The molecule has 0 saturated carbocycles. The number of rotatable bonds is 0. The minimum atomic E-state index is 0. The summed E-state index contributed by atoms with van der Waals surface area (Å²) in [6.07, 6.45) is 0. The third-order valence-corrected chi connectivity index (χ3v) is 2.99. The molecular weight excluding hydrogens is 227 g/mol. The van der Waals surface area contributed by atoms with Crippen LogP contribution in [0.15, 0.2) is 24.3 Å². The molecule has 0 aliphatic rings. The molecule has 1 heterocycles. The van der Waals surface area contributed by atoms with Gasteiger partial charge in [-0.05, 0) is 0 Å². The molecule has 0 spiro atoms. The average molecular weight is 234 g/mol. The molecule has 0 fully saturated rings. The number of aryl methyl sites for hydroxylation is 1. The van der Waals surface area contributed by atoms with Gasteiger partial charge in [0.25, 0.3) is 0 Å². The predicted octanol–water partition coefficient (Wildman–Crippen LogP) is -2.88. The molecule has 0 aliphatic carbocycles. The summed E-state index contributed by atoms with van der Waals surface area (Å²) in [4.78, 5) is 0. The van der Waals surface area contributed by atoms with Crippen LogP contribution in [0.4, 0.5) is 0 Å². The van der Waals surface area contributed by atoms with E-state index in [0.29, 0.717) is 15.0 Å². The number of halogens is 1. The number of benzene rings is 1. The van der Waals surface area contributed by atoms with Crippen molar-refractivity contribution in [2.45, 2.75) is 0 Å². The van der Waals surface area contributed by atoms with E-state index in [-0.39, 0.29) is 12.4 Å². The molecule has 0 amide bonds. The second-order valence-corrected chi connectivity index (χ2v) is 4.03. The number of hydrogen-bond acceptors (Lipinski definition) is 1. The Hall–Kier alpha value is -0.371. The fraction of sp³-hybridized carbons (Fsp3) is 0.143. The molecule has 0 bridgehead atoms. The molecule has 2 rings (SSSR count). The van der Waals surface area contributed by atoms with Crippen LogP contribution >= 0.6 is 0 Å². The normalized spacial score (nSPS) is 9.55. The second kappa shape index (κ2) is 3.35. The summed E-state index contributed by atoms with van der Waals surface area (Å²) in [7, 11) is 2.08. The molecule has 2 nitrogen and oxygen atoms in total. The summed E-state index contributed by atoms with van der Waals surface area (Å²) >= 11 is 0.295. The zero-order chi connectivity index (χ0) is 6.97. The number of fused-ring (bicyclic) bond motifs is 1. The molecular formula is C7H7ClN2Se. The van der Waals surface area contributed by atoms with Crippen LogP contribution in [0, 0.1) is 0 Å². The Morgan fingerprint density at radius 2 is 2.09 bits per heavy atom. The van der Waals surface area contributed by atoms with E-state index in [1.807, 2.05) is 12.1 Å². The molecule has 0 unspecified atom stereocenters. The third-order valence-electron chi connectivity index (χ3n) is 1.48. The summed E-state index contributed by atoms with van der Waals surface area (Å²) in [6, 6.07) is 8.23. The van der Waals surface area contributed by atoms with Gasteiger partial charge in [0.05, 0.1) is 0 Å². The van der Waals surface area contributed by atoms with E-state index in [4.69, 9.17) is 0 Å². The molecule has 0 saturated heterocycles. The van der Waals surface area contributed by atoms with Gasteiger partial charge in [-0.3, -0.25) is 0 Å². The van der Waals surface area contributed by atoms with Crippen LogP contribution in [0.3, 0.4) is 0 Å². The van der Waals surface area contributed by atoms with Crippen LogP contribution in [-0.4, -0.2) is 18.9 Å². The first-order chi connectivity index (χ1) is 4.88. The molecule has 4 heteroatoms. The standard InChI is InChI=1S/C7H7N2Se.ClH/c1-9-7-5-3-2-4-6(7)8-10-9;/h2-5H,1H3;1H/q+1;/p-1. The van der Waals surface area contributed by atoms with Crippen molar-refractivity contribution >= 4 is 26.0 Å². The van der Waals surface area contributed by atoms with Crippen molar-refractivity contribution in [2.75, 3.05) is 0 Å². The maximum atomic E-state index is 4.37. The van der Waals surface area contributed by atoms with Crippen molar-refractivity contribution in [3.8, 4) is 0 Å². The quantitative estimate of drug-likeness (QED) is 0.447. The van der Waals surface area contributed by atoms with Crippen molar-refractivity contribution < 1.29 is 16.0 Å². The monoisotopic (exact) mass is 234 g/mol. The Bertz CT molecular complexity index is 358. The minimum Gasteiger partial charge on any atom is -1.00 e. The molecule has 58 valence electrons. The van der Waals surface area contributed by atoms with Gasteiger partial charge in [0.2, 0.25) is 0 Å². The topological polar surface area (TPSA) is 16.8 Å². The molecule has 0 radical (unpaired) electrons. The van der Waals surface area contributed by atoms with Crippen LogP contribution in [0.25, 0.3) is 11.0 Å². The fourth-order valence-corrected chi connectivity index (χ4v) is 2.23. The van der Waals surface area contributed by atoms with Crippen molar-refractivity contribution in [2.24, 2.45) is 7.05 Å². The van der Waals surface area contributed by atoms with Gasteiger partial charge >= 0.3 is 64.9 Å². The minimum absolute atomic E-state index is 0. The first kappa shape index (κ1) is 8.72. The Balaban J connectivity index is 0.000000605. The number of aromatic nitrogens is 2. The van der Waals surface area contributed by atoms with Gasteiger partial charge in [-0.25, -0.2) is 0 Å². The van der Waals surface area contributed by atoms with Gasteiger partial charge in [0, 0.05) is 0 Å². The molecule has 11 heavy (non-hydrogen) atoms. The first-order valence-corrected chi connectivity index (χ1v) is 4.62. The van der Waals surface area contributed by atoms with E-state index in [1.54, 1.807) is 0 Å². The van der Waals surface area contributed by atoms with Crippen molar-refractivity contribution in [3.63, 3.8) is 0 Å². The van der Waals surface area contributed by atoms with Gasteiger partial charge in [-0.15, -0.1) is 0 Å². The summed E-state index contributed by atoms with van der Waals surface area (Å²) in [5, 5.41) is 0. The summed E-state index contributed by atoms with van der Waals surface area (Å²) < 4.78 is 6.57. The maximum Gasteiger partial charge on any atom is -1.00 e. The third kappa shape index (κ3) is 1.45. The van der Waals surface area contributed by atoms with Crippen LogP contribution in [-0.2, 0) is 7.05 Å². The van der Waals surface area contributed by atoms with E-state index in [2.05, 4.69) is 26.7 Å². The summed E-state index contributed by atoms with van der Waals surface area (Å²) in [6.45, 7) is 0. The molecule has 2 aromatic rings. The fourth-order valence-electron chi connectivity index (χ4n) is 0.957. The van der Waals surface area contributed by atoms with Gasteiger partial charge in [0.15, 0.2) is 0 Å². The van der Waals surface area contributed by atoms with Crippen LogP contribution in [0.1, 0.15) is 0 Å². The van der Waals surface area contributed by atoms with Gasteiger partial charge < -0.3 is 12.4 Å². The number of nitrogens with zero attached hydrogens (tertiary/aromatic N) is 2. The first-order valence-electron chi connectivity index (χ1n) is 3.09. The predicted molar refractivity (Wildman–Crippen MR) is 39.9 cm³/mol. The van der Waals surface area contributed by atoms with E-state index < -0.39 is 0 Å². The smallest absolute Gasteiger partial charge is 1.00 e. The second-order valence-electron chi connectivity index (χ2n) is 2.16. The Kier molecular flexibility index (Phi) is 2.66. The van der Waals surface area contributed by atoms with E-state index in [0.717, 1.165) is 5.52 Å². The zero-order valence-corrected chi connectivity index (χ0v) is 8.46. The largest absolute Gasteiger partial charge is 1.00 e. The van der Waals surface area contributed by atoms with Crippen molar-refractivity contribution in [1.29, 1.82) is 0 Å². The van der Waals surface area contributed by atoms with E-state index >= 15 is 0 Å². The average Bonchev–Trinajstić information content (AvgIpc) is 2.34. The van der Waals surface area contributed by atoms with E-state index in [9.17, 15) is 0 Å². The maximum absolute atomic E-state index is 4.37. The summed E-state index contributed by atoms with van der Waals surface area (Å²) in [5.74, 6) is 0. The van der Waals surface area contributed by atoms with Gasteiger partial charge in [-0.1, -0.05) is 0 Å². The zero-order valence-electron chi connectivity index (χ0n) is 5.99. The van der Waals surface area contributed by atoms with Crippen molar-refractivity contribution in [3.05, 3.63) is 24.3 Å². The Morgan fingerprint density at radius 3 is 2.82 bits per heavy atom. The SMILES string of the molecule is C[n+]1[se]nc2ccccc21.[Cl-]. The van der Waals surface area contributed by atoms with Crippen LogP contribution in [0.5, 0.6) is 0 Å². The van der Waals surface area contributed by atoms with Crippen LogP contribution < -0.4 is 16.0 Å². The van der Waals surface area contributed by atoms with E-state index in [1.165, 1.54) is 5.52 Å². The number of para-hydroxylation sites is 1. The Labute approximate surface area is 77.5 Å². The molecule has 1 aromatic carbocycles. The van der Waals surface area contributed by atoms with Crippen molar-refractivity contribution in [1.82, 2.24) is 3.98 Å². The Morgan fingerprint density at radius 1 is 1.36 bits per heavy atom. The van der Waals surface area contributed by atoms with Crippen LogP contribution in [0.2, 0.25) is 0 Å². The molecule has 1 aromatic heterocycles. The molecule has 0 N–H and O–H groups in total. The van der Waals surface area contributed by atoms with Gasteiger partial charge in [0.1, 0.15) is 0 Å². The number of hydrogen-bond donors (Lipinski definition) is 0. The summed E-state index contributed by atoms with van der Waals surface area (Å²) in [5.41, 5.74) is 2.41. The molecule has 0 atom stereocenters. The van der Waals surface area contributed by atoms with Gasteiger partial charge in [-0.2, -0.15) is 0 Å². The molecule has 0 aliphatic heterocycles.